The molecule has 1 amide bonds. The highest BCUT2D eigenvalue weighted by Gasteiger charge is 2.35. The number of aromatic nitrogens is 1. The monoisotopic (exact) mass is 413 g/mol. The summed E-state index contributed by atoms with van der Waals surface area (Å²) in [6.07, 6.45) is -0.535. The highest BCUT2D eigenvalue weighted by Crippen LogP contribution is 2.52. The highest BCUT2D eigenvalue weighted by molar-refractivity contribution is 7.21. The summed E-state index contributed by atoms with van der Waals surface area (Å²) in [5.74, 6) is 1.80. The van der Waals surface area contributed by atoms with Crippen molar-refractivity contribution in [1.29, 1.82) is 0 Å². The summed E-state index contributed by atoms with van der Waals surface area (Å²) in [5.41, 5.74) is 3.46. The van der Waals surface area contributed by atoms with Crippen LogP contribution in [0, 0.1) is 13.8 Å². The van der Waals surface area contributed by atoms with Crippen LogP contribution >= 0.6 is 11.3 Å². The van der Waals surface area contributed by atoms with Crippen LogP contribution in [0.4, 0.5) is 5.69 Å². The molecule has 2 aliphatic rings. The normalized spacial score (nSPS) is 17.0. The summed E-state index contributed by atoms with van der Waals surface area (Å²) in [5, 5.41) is 7.41. The molecule has 0 saturated heterocycles. The van der Waals surface area contributed by atoms with Gasteiger partial charge in [0.25, 0.3) is 5.91 Å². The van der Waals surface area contributed by atoms with E-state index in [4.69, 9.17) is 18.9 Å². The molecule has 0 bridgehead atoms. The third kappa shape index (κ3) is 2.57. The molecule has 0 aliphatic carbocycles. The third-order valence-corrected chi connectivity index (χ3v) is 6.17. The van der Waals surface area contributed by atoms with Crippen molar-refractivity contribution in [1.82, 2.24) is 10.3 Å². The summed E-state index contributed by atoms with van der Waals surface area (Å²) in [4.78, 5) is 19.0. The third-order valence-electron chi connectivity index (χ3n) is 5.08. The Balaban J connectivity index is 1.67. The quantitative estimate of drug-likeness (QED) is 0.679. The summed E-state index contributed by atoms with van der Waals surface area (Å²) in [6, 6.07) is 3.81. The number of hydrogen-bond donors (Lipinski definition) is 2. The molecule has 2 N–H and O–H groups in total. The molecule has 9 heteroatoms. The number of nitrogens with zero attached hydrogens (tertiary/aromatic N) is 1. The Morgan fingerprint density at radius 3 is 2.69 bits per heavy atom. The van der Waals surface area contributed by atoms with Gasteiger partial charge in [0.1, 0.15) is 15.9 Å². The zero-order chi connectivity index (χ0) is 20.3. The van der Waals surface area contributed by atoms with E-state index in [0.717, 1.165) is 27.2 Å². The Morgan fingerprint density at radius 1 is 1.14 bits per heavy atom. The Bertz CT molecular complexity index is 1170. The molecule has 0 spiro atoms. The molecule has 0 fully saturated rings. The molecule has 0 radical (unpaired) electrons. The van der Waals surface area contributed by atoms with Crippen LogP contribution in [0.15, 0.2) is 12.1 Å². The molecular formula is C20H19N3O5S. The number of methoxy groups -OCH3 is 2. The zero-order valence-corrected chi connectivity index (χ0v) is 17.2. The van der Waals surface area contributed by atoms with Crippen LogP contribution in [-0.2, 0) is 0 Å². The first kappa shape index (κ1) is 17.9. The van der Waals surface area contributed by atoms with Crippen molar-refractivity contribution >= 4 is 33.1 Å². The van der Waals surface area contributed by atoms with E-state index in [9.17, 15) is 4.79 Å². The fraction of sp³-hybridized carbons (Fsp3) is 0.300. The summed E-state index contributed by atoms with van der Waals surface area (Å²) in [6.45, 7) is 4.06. The van der Waals surface area contributed by atoms with Gasteiger partial charge in [-0.2, -0.15) is 0 Å². The molecule has 8 nitrogen and oxygen atoms in total. The second kappa shape index (κ2) is 6.41. The fourth-order valence-electron chi connectivity index (χ4n) is 3.88. The minimum absolute atomic E-state index is 0.0828. The van der Waals surface area contributed by atoms with Crippen LogP contribution in [0.5, 0.6) is 23.0 Å². The number of carbonyl (C=O) groups excluding carboxylic acids is 1. The number of ether oxygens (including phenoxy) is 4. The number of carbonyl (C=O) groups is 1. The number of benzene rings is 1. The molecule has 0 saturated carbocycles. The average Bonchev–Trinajstić information content (AvgIpc) is 3.31. The van der Waals surface area contributed by atoms with Crippen molar-refractivity contribution in [2.45, 2.75) is 20.0 Å². The Hall–Kier alpha value is -3.20. The number of amides is 1. The van der Waals surface area contributed by atoms with E-state index in [1.807, 2.05) is 19.9 Å². The minimum Gasteiger partial charge on any atom is -0.493 e. The SMILES string of the molecule is COc1cc(C2NC(=O)c3sc4nc(C)cc(C)c4c3N2)c(OC)c2c1OCO2. The summed E-state index contributed by atoms with van der Waals surface area (Å²) >= 11 is 1.38. The zero-order valence-electron chi connectivity index (χ0n) is 16.3. The van der Waals surface area contributed by atoms with Crippen molar-refractivity contribution in [3.05, 3.63) is 33.8 Å². The molecule has 1 atom stereocenters. The lowest BCUT2D eigenvalue weighted by Gasteiger charge is -2.28. The number of anilines is 1. The first-order valence-corrected chi connectivity index (χ1v) is 9.86. The second-order valence-electron chi connectivity index (χ2n) is 6.88. The number of hydrogen-bond acceptors (Lipinski definition) is 8. The molecule has 3 aromatic rings. The first-order valence-electron chi connectivity index (χ1n) is 9.04. The number of thiophene rings is 1. The fourth-order valence-corrected chi connectivity index (χ4v) is 5.04. The highest BCUT2D eigenvalue weighted by atomic mass is 32.1. The van der Waals surface area contributed by atoms with Crippen molar-refractivity contribution < 1.29 is 23.7 Å². The van der Waals surface area contributed by atoms with Gasteiger partial charge in [-0.05, 0) is 31.5 Å². The Kier molecular flexibility index (Phi) is 3.95. The van der Waals surface area contributed by atoms with Crippen LogP contribution in [-0.4, -0.2) is 31.9 Å². The predicted molar refractivity (Wildman–Crippen MR) is 109 cm³/mol. The maximum Gasteiger partial charge on any atom is 0.265 e. The van der Waals surface area contributed by atoms with E-state index in [0.29, 0.717) is 33.4 Å². The van der Waals surface area contributed by atoms with E-state index in [1.165, 1.54) is 11.3 Å². The van der Waals surface area contributed by atoms with Crippen LogP contribution in [0.25, 0.3) is 10.2 Å². The van der Waals surface area contributed by atoms with Gasteiger partial charge in [0.15, 0.2) is 11.5 Å². The van der Waals surface area contributed by atoms with Crippen molar-refractivity contribution in [3.63, 3.8) is 0 Å². The van der Waals surface area contributed by atoms with E-state index in [1.54, 1.807) is 20.3 Å². The van der Waals surface area contributed by atoms with Crippen LogP contribution in [0.3, 0.4) is 0 Å². The van der Waals surface area contributed by atoms with Gasteiger partial charge in [-0.25, -0.2) is 4.98 Å². The lowest BCUT2D eigenvalue weighted by Crippen LogP contribution is -2.37. The van der Waals surface area contributed by atoms with Crippen LogP contribution in [0.2, 0.25) is 0 Å². The van der Waals surface area contributed by atoms with Gasteiger partial charge in [-0.3, -0.25) is 4.79 Å². The minimum atomic E-state index is -0.535. The Morgan fingerprint density at radius 2 is 1.93 bits per heavy atom. The van der Waals surface area contributed by atoms with Crippen LogP contribution in [0.1, 0.15) is 32.7 Å². The van der Waals surface area contributed by atoms with E-state index < -0.39 is 6.17 Å². The van der Waals surface area contributed by atoms with E-state index >= 15 is 0 Å². The van der Waals surface area contributed by atoms with Gasteiger partial charge in [0.2, 0.25) is 18.3 Å². The van der Waals surface area contributed by atoms with E-state index in [-0.39, 0.29) is 12.7 Å². The molecule has 150 valence electrons. The maximum atomic E-state index is 12.9. The average molecular weight is 413 g/mol. The first-order chi connectivity index (χ1) is 14.0. The van der Waals surface area contributed by atoms with Gasteiger partial charge in [0, 0.05) is 16.6 Å². The van der Waals surface area contributed by atoms with Crippen molar-refractivity contribution in [3.8, 4) is 23.0 Å². The second-order valence-corrected chi connectivity index (χ2v) is 7.88. The Labute approximate surface area is 170 Å². The molecule has 29 heavy (non-hydrogen) atoms. The molecule has 1 aromatic carbocycles. The molecule has 5 rings (SSSR count). The van der Waals surface area contributed by atoms with Crippen molar-refractivity contribution in [2.75, 3.05) is 26.3 Å². The molecule has 4 heterocycles. The van der Waals surface area contributed by atoms with Gasteiger partial charge >= 0.3 is 0 Å². The summed E-state index contributed by atoms with van der Waals surface area (Å²) in [7, 11) is 3.11. The van der Waals surface area contributed by atoms with Gasteiger partial charge in [-0.1, -0.05) is 0 Å². The number of rotatable bonds is 3. The van der Waals surface area contributed by atoms with Gasteiger partial charge in [-0.15, -0.1) is 11.3 Å². The molecule has 2 aromatic heterocycles. The lowest BCUT2D eigenvalue weighted by atomic mass is 10.0. The predicted octanol–water partition coefficient (Wildman–Crippen LogP) is 3.51. The maximum absolute atomic E-state index is 12.9. The molecule has 2 aliphatic heterocycles. The number of fused-ring (bicyclic) bond motifs is 4. The largest absolute Gasteiger partial charge is 0.493 e. The van der Waals surface area contributed by atoms with E-state index in [2.05, 4.69) is 15.6 Å². The van der Waals surface area contributed by atoms with Crippen molar-refractivity contribution in [2.24, 2.45) is 0 Å². The van der Waals surface area contributed by atoms with Gasteiger partial charge < -0.3 is 29.6 Å². The van der Waals surface area contributed by atoms with Gasteiger partial charge in [0.05, 0.1) is 19.9 Å². The molecule has 1 unspecified atom stereocenters. The molecular weight excluding hydrogens is 394 g/mol. The smallest absolute Gasteiger partial charge is 0.265 e. The lowest BCUT2D eigenvalue weighted by molar-refractivity contribution is 0.0939. The number of aryl methyl sites for hydroxylation is 2. The number of pyridine rings is 1. The standard InChI is InChI=1S/C20H19N3O5S/c1-8-5-9(2)21-20-12(8)13-17(29-20)19(24)23-18(22-13)10-6-11(25-3)15-16(14(10)26-4)28-7-27-15/h5-6,18,22H,7H2,1-4H3,(H,23,24). The number of nitrogens with one attached hydrogen (secondary N) is 2. The topological polar surface area (TPSA) is 90.9 Å². The van der Waals surface area contributed by atoms with Crippen LogP contribution < -0.4 is 29.6 Å². The summed E-state index contributed by atoms with van der Waals surface area (Å²) < 4.78 is 22.2.